The second-order valence-corrected chi connectivity index (χ2v) is 4.40. The number of hydrogen-bond acceptors (Lipinski definition) is 7. The summed E-state index contributed by atoms with van der Waals surface area (Å²) in [7, 11) is 0. The first kappa shape index (κ1) is 13.2. The van der Waals surface area contributed by atoms with Crippen LogP contribution < -0.4 is 16.0 Å². The van der Waals surface area contributed by atoms with E-state index < -0.39 is 0 Å². The Morgan fingerprint density at radius 1 is 1.26 bits per heavy atom. The van der Waals surface area contributed by atoms with Gasteiger partial charge in [0.25, 0.3) is 5.95 Å². The first-order chi connectivity index (χ1) is 9.10. The van der Waals surface area contributed by atoms with E-state index in [9.17, 15) is 0 Å². The molecule has 19 heavy (non-hydrogen) atoms. The van der Waals surface area contributed by atoms with Crippen LogP contribution in [0, 0.1) is 5.92 Å². The van der Waals surface area contributed by atoms with E-state index >= 15 is 0 Å². The van der Waals surface area contributed by atoms with Crippen LogP contribution in [0.2, 0.25) is 0 Å². The van der Waals surface area contributed by atoms with E-state index in [0.717, 1.165) is 0 Å². The Kier molecular flexibility index (Phi) is 3.91. The molecule has 1 atom stereocenters. The SMILES string of the molecule is CC(C)C(C)Oc1nc(NN)nc(-n2cccn2)n1. The average molecular weight is 263 g/mol. The zero-order valence-electron chi connectivity index (χ0n) is 11.1. The minimum absolute atomic E-state index is 0.0153. The lowest BCUT2D eigenvalue weighted by Gasteiger charge is -2.16. The fraction of sp³-hybridized carbons (Fsp3) is 0.455. The zero-order valence-corrected chi connectivity index (χ0v) is 11.1. The summed E-state index contributed by atoms with van der Waals surface area (Å²) < 4.78 is 7.17. The van der Waals surface area contributed by atoms with Gasteiger partial charge in [0.05, 0.1) is 0 Å². The van der Waals surface area contributed by atoms with Crippen LogP contribution >= 0.6 is 0 Å². The van der Waals surface area contributed by atoms with Crippen molar-refractivity contribution in [1.29, 1.82) is 0 Å². The smallest absolute Gasteiger partial charge is 0.323 e. The molecule has 2 rings (SSSR count). The lowest BCUT2D eigenvalue weighted by molar-refractivity contribution is 0.155. The number of hydrazine groups is 1. The molecule has 1 unspecified atom stereocenters. The van der Waals surface area contributed by atoms with E-state index in [1.165, 1.54) is 4.68 Å². The maximum absolute atomic E-state index is 5.66. The number of hydrogen-bond donors (Lipinski definition) is 2. The van der Waals surface area contributed by atoms with E-state index in [2.05, 4.69) is 39.3 Å². The topological polar surface area (TPSA) is 104 Å². The average Bonchev–Trinajstić information content (AvgIpc) is 2.92. The van der Waals surface area contributed by atoms with Gasteiger partial charge in [0, 0.05) is 12.4 Å². The van der Waals surface area contributed by atoms with E-state index in [1.807, 2.05) is 6.92 Å². The van der Waals surface area contributed by atoms with E-state index in [0.29, 0.717) is 11.9 Å². The molecule has 2 aromatic heterocycles. The maximum atomic E-state index is 5.66. The molecule has 0 aliphatic carbocycles. The van der Waals surface area contributed by atoms with Crippen molar-refractivity contribution in [2.75, 3.05) is 5.43 Å². The third kappa shape index (κ3) is 3.16. The molecule has 2 heterocycles. The standard InChI is InChI=1S/C11H17N7O/c1-7(2)8(3)19-11-15-9(17-12)14-10(16-11)18-6-4-5-13-18/h4-8H,12H2,1-3H3,(H,14,15,16,17). The second-order valence-electron chi connectivity index (χ2n) is 4.40. The van der Waals surface area contributed by atoms with Gasteiger partial charge in [-0.3, -0.25) is 5.43 Å². The monoisotopic (exact) mass is 263 g/mol. The highest BCUT2D eigenvalue weighted by molar-refractivity contribution is 5.28. The summed E-state index contributed by atoms with van der Waals surface area (Å²) in [6.07, 6.45) is 3.35. The number of rotatable bonds is 5. The van der Waals surface area contributed by atoms with Crippen molar-refractivity contribution in [2.24, 2.45) is 11.8 Å². The Morgan fingerprint density at radius 3 is 2.63 bits per heavy atom. The molecule has 0 saturated carbocycles. The molecule has 0 aliphatic heterocycles. The van der Waals surface area contributed by atoms with Gasteiger partial charge < -0.3 is 4.74 Å². The number of nitrogens with two attached hydrogens (primary N) is 1. The van der Waals surface area contributed by atoms with Crippen molar-refractivity contribution >= 4 is 5.95 Å². The van der Waals surface area contributed by atoms with Crippen LogP contribution in [0.25, 0.3) is 5.95 Å². The molecule has 0 fully saturated rings. The van der Waals surface area contributed by atoms with Crippen LogP contribution in [-0.4, -0.2) is 30.8 Å². The molecule has 0 spiro atoms. The summed E-state index contributed by atoms with van der Waals surface area (Å²) in [6.45, 7) is 6.07. The number of nitrogens with one attached hydrogen (secondary N) is 1. The first-order valence-electron chi connectivity index (χ1n) is 5.99. The number of nitrogens with zero attached hydrogens (tertiary/aromatic N) is 5. The summed E-state index contributed by atoms with van der Waals surface area (Å²) in [6, 6.07) is 1.99. The molecule has 8 heteroatoms. The van der Waals surface area contributed by atoms with Crippen molar-refractivity contribution < 1.29 is 4.74 Å². The van der Waals surface area contributed by atoms with Crippen LogP contribution in [0.3, 0.4) is 0 Å². The highest BCUT2D eigenvalue weighted by atomic mass is 16.5. The van der Waals surface area contributed by atoms with Crippen LogP contribution in [0.4, 0.5) is 5.95 Å². The summed E-state index contributed by atoms with van der Waals surface area (Å²) in [5.74, 6) is 6.26. The molecule has 0 saturated heterocycles. The predicted molar refractivity (Wildman–Crippen MR) is 69.7 cm³/mol. The fourth-order valence-electron chi connectivity index (χ4n) is 1.26. The third-order valence-electron chi connectivity index (χ3n) is 2.67. The number of anilines is 1. The van der Waals surface area contributed by atoms with Gasteiger partial charge in [0.15, 0.2) is 0 Å². The largest absolute Gasteiger partial charge is 0.460 e. The summed E-state index contributed by atoms with van der Waals surface area (Å²) in [5, 5.41) is 4.06. The summed E-state index contributed by atoms with van der Waals surface area (Å²) in [5.41, 5.74) is 2.39. The highest BCUT2D eigenvalue weighted by Gasteiger charge is 2.14. The summed E-state index contributed by atoms with van der Waals surface area (Å²) >= 11 is 0. The molecule has 0 aliphatic rings. The van der Waals surface area contributed by atoms with Gasteiger partial charge >= 0.3 is 6.01 Å². The number of nitrogen functional groups attached to an aromatic ring is 1. The molecule has 0 aromatic carbocycles. The molecule has 2 aromatic rings. The highest BCUT2D eigenvalue weighted by Crippen LogP contribution is 2.14. The Hall–Kier alpha value is -2.22. The van der Waals surface area contributed by atoms with Gasteiger partial charge in [-0.2, -0.15) is 20.1 Å². The minimum atomic E-state index is -0.0153. The molecule has 0 amide bonds. The molecular weight excluding hydrogens is 246 g/mol. The Labute approximate surface area is 111 Å². The maximum Gasteiger partial charge on any atom is 0.323 e. The van der Waals surface area contributed by atoms with Crippen LogP contribution in [0.15, 0.2) is 18.5 Å². The summed E-state index contributed by atoms with van der Waals surface area (Å²) in [4.78, 5) is 12.4. The third-order valence-corrected chi connectivity index (χ3v) is 2.67. The lowest BCUT2D eigenvalue weighted by atomic mass is 10.1. The van der Waals surface area contributed by atoms with Crippen molar-refractivity contribution in [3.8, 4) is 12.0 Å². The van der Waals surface area contributed by atoms with Gasteiger partial charge in [-0.25, -0.2) is 10.5 Å². The van der Waals surface area contributed by atoms with Gasteiger partial charge in [-0.1, -0.05) is 13.8 Å². The zero-order chi connectivity index (χ0) is 13.8. The van der Waals surface area contributed by atoms with E-state index in [-0.39, 0.29) is 18.1 Å². The van der Waals surface area contributed by atoms with Crippen LogP contribution in [0.1, 0.15) is 20.8 Å². The minimum Gasteiger partial charge on any atom is -0.460 e. The lowest BCUT2D eigenvalue weighted by Crippen LogP contribution is -2.22. The van der Waals surface area contributed by atoms with Gasteiger partial charge in [0.2, 0.25) is 5.95 Å². The normalized spacial score (nSPS) is 12.5. The molecule has 8 nitrogen and oxygen atoms in total. The van der Waals surface area contributed by atoms with Gasteiger partial charge in [0.1, 0.15) is 6.10 Å². The van der Waals surface area contributed by atoms with E-state index in [4.69, 9.17) is 10.6 Å². The Morgan fingerprint density at radius 2 is 2.05 bits per heavy atom. The van der Waals surface area contributed by atoms with Crippen molar-refractivity contribution in [2.45, 2.75) is 26.9 Å². The Bertz CT molecular complexity index is 526. The quantitative estimate of drug-likeness (QED) is 0.606. The Balaban J connectivity index is 2.31. The molecule has 0 radical (unpaired) electrons. The second kappa shape index (κ2) is 5.61. The van der Waals surface area contributed by atoms with Gasteiger partial charge in [-0.15, -0.1) is 0 Å². The number of aromatic nitrogens is 5. The predicted octanol–water partition coefficient (Wildman–Crippen LogP) is 0.766. The first-order valence-corrected chi connectivity index (χ1v) is 5.99. The molecular formula is C11H17N7O. The van der Waals surface area contributed by atoms with Crippen LogP contribution in [0.5, 0.6) is 6.01 Å². The fourth-order valence-corrected chi connectivity index (χ4v) is 1.26. The molecule has 0 bridgehead atoms. The van der Waals surface area contributed by atoms with Crippen molar-refractivity contribution in [3.63, 3.8) is 0 Å². The van der Waals surface area contributed by atoms with Crippen LogP contribution in [-0.2, 0) is 0 Å². The van der Waals surface area contributed by atoms with Crippen molar-refractivity contribution in [3.05, 3.63) is 18.5 Å². The van der Waals surface area contributed by atoms with E-state index in [1.54, 1.807) is 18.5 Å². The molecule has 3 N–H and O–H groups in total. The van der Waals surface area contributed by atoms with Crippen molar-refractivity contribution in [1.82, 2.24) is 24.7 Å². The van der Waals surface area contributed by atoms with Gasteiger partial charge in [-0.05, 0) is 18.9 Å². The number of ether oxygens (including phenoxy) is 1. The molecule has 102 valence electrons.